The molecule has 0 spiro atoms. The van der Waals surface area contributed by atoms with Crippen LogP contribution in [0.4, 0.5) is 17.6 Å². The van der Waals surface area contributed by atoms with Gasteiger partial charge in [0, 0.05) is 11.1 Å². The number of rotatable bonds is 7. The van der Waals surface area contributed by atoms with Crippen molar-refractivity contribution in [3.8, 4) is 33.8 Å². The van der Waals surface area contributed by atoms with Gasteiger partial charge in [-0.15, -0.1) is 0 Å². The van der Waals surface area contributed by atoms with E-state index in [1.807, 2.05) is 0 Å². The molecule has 0 aliphatic heterocycles. The number of aryl methyl sites for hydroxylation is 2. The fourth-order valence-corrected chi connectivity index (χ4v) is 3.82. The van der Waals surface area contributed by atoms with Crippen LogP contribution in [0.1, 0.15) is 11.1 Å². The van der Waals surface area contributed by atoms with E-state index in [4.69, 9.17) is 9.47 Å². The van der Waals surface area contributed by atoms with Gasteiger partial charge in [0.1, 0.15) is 5.75 Å². The highest BCUT2D eigenvalue weighted by molar-refractivity contribution is 5.66. The van der Waals surface area contributed by atoms with Gasteiger partial charge in [-0.1, -0.05) is 48.5 Å². The third kappa shape index (κ3) is 4.62. The van der Waals surface area contributed by atoms with Crippen molar-refractivity contribution in [1.29, 1.82) is 0 Å². The summed E-state index contributed by atoms with van der Waals surface area (Å²) >= 11 is 0. The molecular weight excluding hydrogens is 444 g/mol. The predicted molar refractivity (Wildman–Crippen MR) is 124 cm³/mol. The molecule has 0 unspecified atom stereocenters. The highest BCUT2D eigenvalue weighted by Gasteiger charge is 2.16. The van der Waals surface area contributed by atoms with E-state index < -0.39 is 23.3 Å². The largest absolute Gasteiger partial charge is 0.497 e. The van der Waals surface area contributed by atoms with Crippen LogP contribution in [-0.4, -0.2) is 14.2 Å². The molecule has 0 amide bonds. The summed E-state index contributed by atoms with van der Waals surface area (Å²) in [6.07, 6.45) is 0.745. The average Bonchev–Trinajstić information content (AvgIpc) is 2.87. The van der Waals surface area contributed by atoms with Gasteiger partial charge in [0.15, 0.2) is 23.2 Å². The van der Waals surface area contributed by atoms with Crippen molar-refractivity contribution < 1.29 is 27.0 Å². The Hall–Kier alpha value is -3.80. The lowest BCUT2D eigenvalue weighted by atomic mass is 9.97. The van der Waals surface area contributed by atoms with Gasteiger partial charge >= 0.3 is 0 Å². The van der Waals surface area contributed by atoms with Crippen LogP contribution in [0.25, 0.3) is 22.3 Å². The fraction of sp³-hybridized carbons (Fsp3) is 0.143. The topological polar surface area (TPSA) is 18.5 Å². The normalized spacial score (nSPS) is 10.9. The first-order valence-corrected chi connectivity index (χ1v) is 10.7. The zero-order valence-electron chi connectivity index (χ0n) is 18.7. The molecule has 4 aromatic rings. The van der Waals surface area contributed by atoms with Crippen molar-refractivity contribution in [2.75, 3.05) is 14.2 Å². The van der Waals surface area contributed by atoms with Crippen LogP contribution in [0.15, 0.2) is 72.8 Å². The number of benzene rings is 4. The minimum absolute atomic E-state index is 0.118. The highest BCUT2D eigenvalue weighted by Crippen LogP contribution is 2.31. The summed E-state index contributed by atoms with van der Waals surface area (Å²) < 4.78 is 67.7. The molecule has 0 heterocycles. The first kappa shape index (κ1) is 23.4. The molecular formula is C28H22F4O2. The molecule has 0 aliphatic rings. The van der Waals surface area contributed by atoms with Crippen LogP contribution in [0.2, 0.25) is 0 Å². The Morgan fingerprint density at radius 2 is 1.09 bits per heavy atom. The van der Waals surface area contributed by atoms with Crippen LogP contribution in [-0.2, 0) is 12.8 Å². The van der Waals surface area contributed by atoms with E-state index in [0.717, 1.165) is 5.56 Å². The predicted octanol–water partition coefficient (Wildman–Crippen LogP) is 7.38. The second kappa shape index (κ2) is 10.00. The van der Waals surface area contributed by atoms with Gasteiger partial charge in [0.2, 0.25) is 5.82 Å². The van der Waals surface area contributed by atoms with Gasteiger partial charge < -0.3 is 9.47 Å². The quantitative estimate of drug-likeness (QED) is 0.265. The van der Waals surface area contributed by atoms with E-state index in [2.05, 4.69) is 0 Å². The maximum atomic E-state index is 14.7. The zero-order chi connectivity index (χ0) is 24.2. The number of hydrogen-bond acceptors (Lipinski definition) is 2. The molecule has 2 nitrogen and oxygen atoms in total. The second-order valence-electron chi connectivity index (χ2n) is 7.77. The molecule has 0 radical (unpaired) electrons. The van der Waals surface area contributed by atoms with E-state index in [9.17, 15) is 17.6 Å². The molecule has 0 saturated carbocycles. The molecule has 6 heteroatoms. The monoisotopic (exact) mass is 466 g/mol. The van der Waals surface area contributed by atoms with Gasteiger partial charge in [0.05, 0.1) is 14.2 Å². The van der Waals surface area contributed by atoms with E-state index in [0.29, 0.717) is 23.3 Å². The lowest BCUT2D eigenvalue weighted by molar-refractivity contribution is 0.372. The summed E-state index contributed by atoms with van der Waals surface area (Å²) in [7, 11) is 2.81. The van der Waals surface area contributed by atoms with Gasteiger partial charge in [-0.2, -0.15) is 4.39 Å². The Balaban J connectivity index is 1.48. The van der Waals surface area contributed by atoms with E-state index >= 15 is 0 Å². The molecule has 0 bridgehead atoms. The summed E-state index contributed by atoms with van der Waals surface area (Å²) in [4.78, 5) is 0. The van der Waals surface area contributed by atoms with Crippen molar-refractivity contribution in [1.82, 2.24) is 0 Å². The molecule has 0 fully saturated rings. The van der Waals surface area contributed by atoms with Gasteiger partial charge in [0.25, 0.3) is 0 Å². The molecule has 0 aliphatic carbocycles. The van der Waals surface area contributed by atoms with Crippen LogP contribution in [0.3, 0.4) is 0 Å². The van der Waals surface area contributed by atoms with Crippen LogP contribution in [0, 0.1) is 23.3 Å². The summed E-state index contributed by atoms with van der Waals surface area (Å²) in [6.45, 7) is 0. The summed E-state index contributed by atoms with van der Waals surface area (Å²) in [5.74, 6) is -3.32. The fourth-order valence-electron chi connectivity index (χ4n) is 3.82. The Kier molecular flexibility index (Phi) is 6.87. The highest BCUT2D eigenvalue weighted by atomic mass is 19.2. The molecule has 174 valence electrons. The zero-order valence-corrected chi connectivity index (χ0v) is 18.7. The van der Waals surface area contributed by atoms with E-state index in [1.54, 1.807) is 60.7 Å². The van der Waals surface area contributed by atoms with E-state index in [1.165, 1.54) is 26.4 Å². The van der Waals surface area contributed by atoms with Crippen molar-refractivity contribution in [3.63, 3.8) is 0 Å². The van der Waals surface area contributed by atoms with Gasteiger partial charge in [-0.3, -0.25) is 0 Å². The lowest BCUT2D eigenvalue weighted by Crippen LogP contribution is -2.00. The minimum atomic E-state index is -1.04. The number of halogens is 4. The standard InChI is InChI=1S/C28H22F4O2/c1-33-21-12-9-19(10-13-21)22-14-11-20(25(29)26(22)30)8-5-17-3-6-18(7-4-17)23-15-16-24(34-2)28(32)27(23)31/h3-4,6-7,9-16H,5,8H2,1-2H3. The molecule has 4 rings (SSSR count). The number of ether oxygens (including phenoxy) is 2. The first-order valence-electron chi connectivity index (χ1n) is 10.7. The maximum absolute atomic E-state index is 14.7. The Bertz CT molecular complexity index is 1300. The van der Waals surface area contributed by atoms with Crippen molar-refractivity contribution >= 4 is 0 Å². The van der Waals surface area contributed by atoms with Crippen molar-refractivity contribution in [3.05, 3.63) is 107 Å². The Morgan fingerprint density at radius 3 is 1.68 bits per heavy atom. The molecule has 0 saturated heterocycles. The smallest absolute Gasteiger partial charge is 0.201 e. The van der Waals surface area contributed by atoms with Gasteiger partial charge in [-0.05, 0) is 59.4 Å². The second-order valence-corrected chi connectivity index (χ2v) is 7.77. The average molecular weight is 466 g/mol. The Labute approximate surface area is 195 Å². The molecule has 4 aromatic carbocycles. The van der Waals surface area contributed by atoms with E-state index in [-0.39, 0.29) is 28.9 Å². The minimum Gasteiger partial charge on any atom is -0.497 e. The summed E-state index contributed by atoms with van der Waals surface area (Å²) in [5.41, 5.74) is 2.48. The van der Waals surface area contributed by atoms with Crippen molar-refractivity contribution in [2.24, 2.45) is 0 Å². The number of hydrogen-bond donors (Lipinski definition) is 0. The summed E-state index contributed by atoms with van der Waals surface area (Å²) in [6, 6.07) is 19.6. The van der Waals surface area contributed by atoms with Gasteiger partial charge in [-0.25, -0.2) is 13.2 Å². The third-order valence-corrected chi connectivity index (χ3v) is 5.78. The number of methoxy groups -OCH3 is 2. The lowest BCUT2D eigenvalue weighted by Gasteiger charge is -2.11. The molecule has 0 atom stereocenters. The molecule has 34 heavy (non-hydrogen) atoms. The first-order chi connectivity index (χ1) is 16.4. The van der Waals surface area contributed by atoms with Crippen LogP contribution >= 0.6 is 0 Å². The summed E-state index contributed by atoms with van der Waals surface area (Å²) in [5, 5.41) is 0. The maximum Gasteiger partial charge on any atom is 0.201 e. The van der Waals surface area contributed by atoms with Crippen LogP contribution < -0.4 is 9.47 Å². The Morgan fingerprint density at radius 1 is 0.529 bits per heavy atom. The SMILES string of the molecule is COc1ccc(-c2ccc(CCc3ccc(-c4ccc(OC)c(F)c4F)cc3)c(F)c2F)cc1. The van der Waals surface area contributed by atoms with Crippen LogP contribution in [0.5, 0.6) is 11.5 Å². The molecule has 0 aromatic heterocycles. The molecule has 0 N–H and O–H groups in total. The van der Waals surface area contributed by atoms with Crippen molar-refractivity contribution in [2.45, 2.75) is 12.8 Å². The third-order valence-electron chi connectivity index (χ3n) is 5.78.